The van der Waals surface area contributed by atoms with E-state index in [9.17, 15) is 4.79 Å². The van der Waals surface area contributed by atoms with Gasteiger partial charge in [0.2, 0.25) is 5.91 Å². The van der Waals surface area contributed by atoms with Crippen molar-refractivity contribution >= 4 is 5.91 Å². The third-order valence-electron chi connectivity index (χ3n) is 2.60. The molecule has 1 unspecified atom stereocenters. The van der Waals surface area contributed by atoms with E-state index in [-0.39, 0.29) is 5.91 Å². The molecule has 1 rings (SSSR count). The van der Waals surface area contributed by atoms with Crippen molar-refractivity contribution < 1.29 is 4.79 Å². The fourth-order valence-corrected chi connectivity index (χ4v) is 1.93. The maximum atomic E-state index is 11.6. The topological polar surface area (TPSA) is 32.3 Å². The Labute approximate surface area is 80.5 Å². The highest BCUT2D eigenvalue weighted by atomic mass is 16.2. The molecular formula is C10H20N2O. The molecule has 1 aliphatic heterocycles. The lowest BCUT2D eigenvalue weighted by Gasteiger charge is -2.41. The minimum atomic E-state index is 0.236. The van der Waals surface area contributed by atoms with E-state index in [0.717, 1.165) is 6.54 Å². The van der Waals surface area contributed by atoms with Crippen LogP contribution in [0.25, 0.3) is 0 Å². The highest BCUT2D eigenvalue weighted by Crippen LogP contribution is 2.16. The van der Waals surface area contributed by atoms with Gasteiger partial charge in [0.25, 0.3) is 0 Å². The zero-order valence-electron chi connectivity index (χ0n) is 9.00. The lowest BCUT2D eigenvalue weighted by Crippen LogP contribution is -2.59. The molecule has 0 aromatic heterocycles. The van der Waals surface area contributed by atoms with Crippen LogP contribution in [0.1, 0.15) is 27.7 Å². The van der Waals surface area contributed by atoms with E-state index >= 15 is 0 Å². The number of carbonyl (C=O) groups excluding carboxylic acids is 1. The molecule has 1 amide bonds. The standard InChI is InChI=1S/C10H20N2O/c1-7(2)9-5-11-6-10(13)12(9)8(3)4/h7-9,11H,5-6H2,1-4H3. The van der Waals surface area contributed by atoms with Gasteiger partial charge in [-0.2, -0.15) is 0 Å². The van der Waals surface area contributed by atoms with Gasteiger partial charge >= 0.3 is 0 Å². The lowest BCUT2D eigenvalue weighted by molar-refractivity contribution is -0.138. The first-order valence-electron chi connectivity index (χ1n) is 5.06. The molecule has 0 aromatic carbocycles. The molecule has 1 aliphatic rings. The summed E-state index contributed by atoms with van der Waals surface area (Å²) in [5.41, 5.74) is 0. The molecular weight excluding hydrogens is 164 g/mol. The number of rotatable bonds is 2. The number of amides is 1. The molecule has 1 heterocycles. The van der Waals surface area contributed by atoms with E-state index in [1.165, 1.54) is 0 Å². The van der Waals surface area contributed by atoms with Gasteiger partial charge in [0, 0.05) is 18.6 Å². The van der Waals surface area contributed by atoms with Crippen molar-refractivity contribution in [3.63, 3.8) is 0 Å². The van der Waals surface area contributed by atoms with Crippen molar-refractivity contribution in [1.82, 2.24) is 10.2 Å². The second-order valence-corrected chi connectivity index (χ2v) is 4.34. The van der Waals surface area contributed by atoms with Crippen LogP contribution in [0.15, 0.2) is 0 Å². The zero-order valence-corrected chi connectivity index (χ0v) is 9.00. The Morgan fingerprint density at radius 2 is 2.00 bits per heavy atom. The largest absolute Gasteiger partial charge is 0.335 e. The van der Waals surface area contributed by atoms with Crippen LogP contribution in [0.3, 0.4) is 0 Å². The van der Waals surface area contributed by atoms with Crippen LogP contribution >= 0.6 is 0 Å². The summed E-state index contributed by atoms with van der Waals surface area (Å²) in [6.07, 6.45) is 0. The van der Waals surface area contributed by atoms with Crippen molar-refractivity contribution in [3.05, 3.63) is 0 Å². The van der Waals surface area contributed by atoms with Crippen molar-refractivity contribution in [3.8, 4) is 0 Å². The van der Waals surface area contributed by atoms with Gasteiger partial charge in [0.1, 0.15) is 0 Å². The Bertz CT molecular complexity index is 189. The van der Waals surface area contributed by atoms with E-state index in [1.54, 1.807) is 0 Å². The zero-order chi connectivity index (χ0) is 10.0. The van der Waals surface area contributed by atoms with Crippen molar-refractivity contribution in [2.75, 3.05) is 13.1 Å². The second kappa shape index (κ2) is 4.09. The SMILES string of the molecule is CC(C)C1CNCC(=O)N1C(C)C. The molecule has 0 radical (unpaired) electrons. The van der Waals surface area contributed by atoms with Crippen LogP contribution < -0.4 is 5.32 Å². The maximum absolute atomic E-state index is 11.6. The fraction of sp³-hybridized carbons (Fsp3) is 0.900. The first-order valence-corrected chi connectivity index (χ1v) is 5.06. The predicted octanol–water partition coefficient (Wildman–Crippen LogP) is 0.851. The Morgan fingerprint density at radius 1 is 1.38 bits per heavy atom. The average Bonchev–Trinajstić information content (AvgIpc) is 2.02. The minimum Gasteiger partial charge on any atom is -0.335 e. The summed E-state index contributed by atoms with van der Waals surface area (Å²) in [6.45, 7) is 9.93. The van der Waals surface area contributed by atoms with Crippen LogP contribution in [0, 0.1) is 5.92 Å². The van der Waals surface area contributed by atoms with Gasteiger partial charge in [0.05, 0.1) is 6.54 Å². The molecule has 0 spiro atoms. The Morgan fingerprint density at radius 3 is 2.38 bits per heavy atom. The number of nitrogens with zero attached hydrogens (tertiary/aromatic N) is 1. The van der Waals surface area contributed by atoms with E-state index < -0.39 is 0 Å². The molecule has 0 aliphatic carbocycles. The van der Waals surface area contributed by atoms with Crippen molar-refractivity contribution in [2.45, 2.75) is 39.8 Å². The monoisotopic (exact) mass is 184 g/mol. The molecule has 13 heavy (non-hydrogen) atoms. The maximum Gasteiger partial charge on any atom is 0.237 e. The van der Waals surface area contributed by atoms with Gasteiger partial charge in [-0.3, -0.25) is 4.79 Å². The highest BCUT2D eigenvalue weighted by Gasteiger charge is 2.31. The van der Waals surface area contributed by atoms with Crippen LogP contribution in [0.2, 0.25) is 0 Å². The first-order chi connectivity index (χ1) is 6.04. The van der Waals surface area contributed by atoms with Gasteiger partial charge in [-0.25, -0.2) is 0 Å². The molecule has 1 N–H and O–H groups in total. The van der Waals surface area contributed by atoms with Gasteiger partial charge in [0.15, 0.2) is 0 Å². The smallest absolute Gasteiger partial charge is 0.237 e. The lowest BCUT2D eigenvalue weighted by atomic mass is 9.99. The van der Waals surface area contributed by atoms with Crippen molar-refractivity contribution in [1.29, 1.82) is 0 Å². The summed E-state index contributed by atoms with van der Waals surface area (Å²) in [5.74, 6) is 0.763. The third kappa shape index (κ3) is 2.21. The number of nitrogens with one attached hydrogen (secondary N) is 1. The Hall–Kier alpha value is -0.570. The summed E-state index contributed by atoms with van der Waals surface area (Å²) in [7, 11) is 0. The summed E-state index contributed by atoms with van der Waals surface area (Å²) in [6, 6.07) is 0.684. The van der Waals surface area contributed by atoms with Gasteiger partial charge in [-0.1, -0.05) is 13.8 Å². The van der Waals surface area contributed by atoms with E-state index in [2.05, 4.69) is 33.0 Å². The summed E-state index contributed by atoms with van der Waals surface area (Å²) in [5, 5.41) is 3.16. The number of hydrogen-bond acceptors (Lipinski definition) is 2. The van der Waals surface area contributed by atoms with Gasteiger partial charge < -0.3 is 10.2 Å². The molecule has 0 aromatic rings. The molecule has 0 saturated carbocycles. The number of piperazine rings is 1. The van der Waals surface area contributed by atoms with E-state index in [0.29, 0.717) is 24.5 Å². The normalized spacial score (nSPS) is 24.6. The predicted molar refractivity (Wildman–Crippen MR) is 53.5 cm³/mol. The molecule has 76 valence electrons. The quantitative estimate of drug-likeness (QED) is 0.690. The minimum absolute atomic E-state index is 0.236. The third-order valence-corrected chi connectivity index (χ3v) is 2.60. The number of hydrogen-bond donors (Lipinski definition) is 1. The van der Waals surface area contributed by atoms with E-state index in [1.807, 2.05) is 4.90 Å². The summed E-state index contributed by atoms with van der Waals surface area (Å²) >= 11 is 0. The van der Waals surface area contributed by atoms with Crippen LogP contribution in [0.5, 0.6) is 0 Å². The van der Waals surface area contributed by atoms with Gasteiger partial charge in [-0.05, 0) is 19.8 Å². The molecule has 1 saturated heterocycles. The average molecular weight is 184 g/mol. The highest BCUT2D eigenvalue weighted by molar-refractivity contribution is 5.79. The van der Waals surface area contributed by atoms with Gasteiger partial charge in [-0.15, -0.1) is 0 Å². The molecule has 1 atom stereocenters. The Kier molecular flexibility index (Phi) is 3.31. The molecule has 3 nitrogen and oxygen atoms in total. The van der Waals surface area contributed by atoms with E-state index in [4.69, 9.17) is 0 Å². The molecule has 0 bridgehead atoms. The van der Waals surface area contributed by atoms with Crippen LogP contribution in [-0.4, -0.2) is 36.0 Å². The summed E-state index contributed by atoms with van der Waals surface area (Å²) in [4.78, 5) is 13.6. The number of carbonyl (C=O) groups is 1. The first kappa shape index (κ1) is 10.5. The summed E-state index contributed by atoms with van der Waals surface area (Å²) < 4.78 is 0. The van der Waals surface area contributed by atoms with Crippen LogP contribution in [-0.2, 0) is 4.79 Å². The Balaban J connectivity index is 2.74. The second-order valence-electron chi connectivity index (χ2n) is 4.34. The van der Waals surface area contributed by atoms with Crippen molar-refractivity contribution in [2.24, 2.45) is 5.92 Å². The van der Waals surface area contributed by atoms with Crippen LogP contribution in [0.4, 0.5) is 0 Å². The molecule has 3 heteroatoms. The molecule has 1 fully saturated rings. The fourth-order valence-electron chi connectivity index (χ4n) is 1.93.